The SMILES string of the molecule is C=C(C)C(=O)OCC(CO)Cc1ccc(CCc2ccc(-c3ccc(C4=CC=C(CCCCC)CC4)c(CC)c3)cc2)cc1. The average molecular weight is 591 g/mol. The van der Waals surface area contributed by atoms with Crippen LogP contribution in [0.3, 0.4) is 0 Å². The number of esters is 1. The van der Waals surface area contributed by atoms with Gasteiger partial charge in [-0.3, -0.25) is 0 Å². The number of aryl methyl sites for hydroxylation is 3. The second kappa shape index (κ2) is 17.0. The van der Waals surface area contributed by atoms with Gasteiger partial charge in [-0.2, -0.15) is 0 Å². The van der Waals surface area contributed by atoms with Gasteiger partial charge in [0.05, 0.1) is 6.61 Å². The van der Waals surface area contributed by atoms with Gasteiger partial charge in [0.25, 0.3) is 0 Å². The van der Waals surface area contributed by atoms with E-state index in [9.17, 15) is 9.90 Å². The van der Waals surface area contributed by atoms with Crippen molar-refractivity contribution in [2.45, 2.75) is 85.0 Å². The molecular formula is C41H50O3. The van der Waals surface area contributed by atoms with Crippen LogP contribution in [-0.4, -0.2) is 24.3 Å². The second-order valence-corrected chi connectivity index (χ2v) is 12.3. The fraction of sp³-hybridized carbons (Fsp3) is 0.390. The van der Waals surface area contributed by atoms with Crippen molar-refractivity contribution in [2.24, 2.45) is 5.92 Å². The van der Waals surface area contributed by atoms with Gasteiger partial charge < -0.3 is 9.84 Å². The Morgan fingerprint density at radius 1 is 0.841 bits per heavy atom. The van der Waals surface area contributed by atoms with Crippen molar-refractivity contribution < 1.29 is 14.6 Å². The fourth-order valence-electron chi connectivity index (χ4n) is 5.92. The van der Waals surface area contributed by atoms with Crippen molar-refractivity contribution in [1.29, 1.82) is 0 Å². The van der Waals surface area contributed by atoms with Crippen LogP contribution in [0.15, 0.2) is 96.6 Å². The molecule has 0 heterocycles. The van der Waals surface area contributed by atoms with Crippen molar-refractivity contribution in [3.63, 3.8) is 0 Å². The minimum atomic E-state index is -0.410. The number of allylic oxidation sites excluding steroid dienone is 4. The summed E-state index contributed by atoms with van der Waals surface area (Å²) < 4.78 is 5.23. The Morgan fingerprint density at radius 3 is 2.09 bits per heavy atom. The van der Waals surface area contributed by atoms with Crippen LogP contribution < -0.4 is 0 Å². The van der Waals surface area contributed by atoms with Crippen molar-refractivity contribution >= 4 is 11.5 Å². The number of unbranched alkanes of at least 4 members (excludes halogenated alkanes) is 2. The first-order valence-electron chi connectivity index (χ1n) is 16.5. The molecule has 1 aliphatic rings. The first kappa shape index (κ1) is 33.2. The molecule has 0 spiro atoms. The summed E-state index contributed by atoms with van der Waals surface area (Å²) >= 11 is 0. The molecule has 3 nitrogen and oxygen atoms in total. The van der Waals surface area contributed by atoms with Crippen molar-refractivity contribution in [3.05, 3.63) is 124 Å². The number of ether oxygens (including phenoxy) is 1. The number of aliphatic hydroxyl groups is 1. The molecule has 0 radical (unpaired) electrons. The lowest BCUT2D eigenvalue weighted by atomic mass is 9.87. The molecule has 3 aromatic rings. The molecule has 4 rings (SSSR count). The van der Waals surface area contributed by atoms with Crippen LogP contribution in [0.5, 0.6) is 0 Å². The Bertz CT molecular complexity index is 1440. The molecular weight excluding hydrogens is 540 g/mol. The molecule has 1 atom stereocenters. The zero-order valence-electron chi connectivity index (χ0n) is 27.0. The van der Waals surface area contributed by atoms with E-state index in [1.54, 1.807) is 12.5 Å². The molecule has 0 aliphatic heterocycles. The zero-order chi connectivity index (χ0) is 31.3. The maximum absolute atomic E-state index is 11.7. The monoisotopic (exact) mass is 590 g/mol. The number of hydrogen-bond acceptors (Lipinski definition) is 3. The predicted octanol–water partition coefficient (Wildman–Crippen LogP) is 9.66. The smallest absolute Gasteiger partial charge is 0.333 e. The third-order valence-electron chi connectivity index (χ3n) is 8.76. The van der Waals surface area contributed by atoms with Gasteiger partial charge in [-0.15, -0.1) is 0 Å². The van der Waals surface area contributed by atoms with E-state index in [1.807, 2.05) is 0 Å². The lowest BCUT2D eigenvalue weighted by Crippen LogP contribution is -2.19. The Balaban J connectivity index is 1.31. The molecule has 0 amide bonds. The number of benzene rings is 3. The Morgan fingerprint density at radius 2 is 1.50 bits per heavy atom. The summed E-state index contributed by atoms with van der Waals surface area (Å²) in [6, 6.07) is 24.6. The Labute approximate surface area is 265 Å². The van der Waals surface area contributed by atoms with Crippen LogP contribution in [0.4, 0.5) is 0 Å². The highest BCUT2D eigenvalue weighted by Crippen LogP contribution is 2.33. The van der Waals surface area contributed by atoms with E-state index in [-0.39, 0.29) is 19.1 Å². The number of carbonyl (C=O) groups excluding carboxylic acids is 1. The summed E-state index contributed by atoms with van der Waals surface area (Å²) in [5.74, 6) is -0.533. The van der Waals surface area contributed by atoms with Gasteiger partial charge in [0.1, 0.15) is 0 Å². The Hall–Kier alpha value is -3.69. The third-order valence-corrected chi connectivity index (χ3v) is 8.76. The van der Waals surface area contributed by atoms with Gasteiger partial charge in [-0.1, -0.05) is 118 Å². The van der Waals surface area contributed by atoms with E-state index >= 15 is 0 Å². The van der Waals surface area contributed by atoms with Crippen LogP contribution in [0, 0.1) is 5.92 Å². The topological polar surface area (TPSA) is 46.5 Å². The van der Waals surface area contributed by atoms with Gasteiger partial charge in [-0.05, 0) is 103 Å². The maximum atomic E-state index is 11.7. The summed E-state index contributed by atoms with van der Waals surface area (Å²) in [4.78, 5) is 11.7. The normalized spacial score (nSPS) is 13.6. The molecule has 0 fully saturated rings. The number of aliphatic hydroxyl groups excluding tert-OH is 1. The Kier molecular flexibility index (Phi) is 12.8. The molecule has 232 valence electrons. The van der Waals surface area contributed by atoms with E-state index in [0.29, 0.717) is 12.0 Å². The van der Waals surface area contributed by atoms with Crippen molar-refractivity contribution in [1.82, 2.24) is 0 Å². The molecule has 1 N–H and O–H groups in total. The largest absolute Gasteiger partial charge is 0.462 e. The van der Waals surface area contributed by atoms with E-state index in [2.05, 4.69) is 99.3 Å². The summed E-state index contributed by atoms with van der Waals surface area (Å²) in [7, 11) is 0. The summed E-state index contributed by atoms with van der Waals surface area (Å²) in [6.45, 7) is 9.93. The third kappa shape index (κ3) is 9.66. The predicted molar refractivity (Wildman–Crippen MR) is 185 cm³/mol. The number of hydrogen-bond donors (Lipinski definition) is 1. The molecule has 0 saturated heterocycles. The van der Waals surface area contributed by atoms with Gasteiger partial charge in [0.15, 0.2) is 0 Å². The molecule has 1 unspecified atom stereocenters. The molecule has 0 aromatic heterocycles. The zero-order valence-corrected chi connectivity index (χ0v) is 27.0. The highest BCUT2D eigenvalue weighted by Gasteiger charge is 2.14. The van der Waals surface area contributed by atoms with Crippen LogP contribution in [-0.2, 0) is 35.2 Å². The summed E-state index contributed by atoms with van der Waals surface area (Å²) in [6.07, 6.45) is 15.9. The van der Waals surface area contributed by atoms with Gasteiger partial charge >= 0.3 is 5.97 Å². The lowest BCUT2D eigenvalue weighted by Gasteiger charge is -2.18. The van der Waals surface area contributed by atoms with E-state index in [0.717, 1.165) is 31.2 Å². The quantitative estimate of drug-likeness (QED) is 0.103. The van der Waals surface area contributed by atoms with E-state index in [1.165, 1.54) is 71.1 Å². The van der Waals surface area contributed by atoms with Crippen molar-refractivity contribution in [3.8, 4) is 11.1 Å². The fourth-order valence-corrected chi connectivity index (χ4v) is 5.92. The molecule has 0 saturated carbocycles. The van der Waals surface area contributed by atoms with E-state index in [4.69, 9.17) is 4.74 Å². The van der Waals surface area contributed by atoms with Crippen LogP contribution in [0.1, 0.15) is 87.1 Å². The molecule has 3 aromatic carbocycles. The number of rotatable bonds is 16. The standard InChI is InChI=1S/C41H50O3/c1-5-7-8-9-31-18-22-38(23-19-31)40-25-24-39(27-36(40)6-2)37-20-16-33(17-21-37)11-10-32-12-14-34(15-13-32)26-35(28-42)29-44-41(43)30(3)4/h12-18,20-22,24-25,27,35,42H,3,5-11,19,23,26,28-29H2,1-2,4H3. The maximum Gasteiger partial charge on any atom is 0.333 e. The highest BCUT2D eigenvalue weighted by atomic mass is 16.5. The molecule has 1 aliphatic carbocycles. The average Bonchev–Trinajstić information content (AvgIpc) is 3.06. The number of carbonyl (C=O) groups is 1. The summed E-state index contributed by atoms with van der Waals surface area (Å²) in [5.41, 5.74) is 12.6. The molecule has 44 heavy (non-hydrogen) atoms. The first-order valence-corrected chi connectivity index (χ1v) is 16.5. The summed E-state index contributed by atoms with van der Waals surface area (Å²) in [5, 5.41) is 9.71. The van der Waals surface area contributed by atoms with Crippen LogP contribution >= 0.6 is 0 Å². The highest BCUT2D eigenvalue weighted by molar-refractivity contribution is 5.86. The molecule has 0 bridgehead atoms. The van der Waals surface area contributed by atoms with Crippen molar-refractivity contribution in [2.75, 3.05) is 13.2 Å². The lowest BCUT2D eigenvalue weighted by molar-refractivity contribution is -0.140. The minimum Gasteiger partial charge on any atom is -0.462 e. The van der Waals surface area contributed by atoms with E-state index < -0.39 is 5.97 Å². The van der Waals surface area contributed by atoms with Crippen LogP contribution in [0.2, 0.25) is 0 Å². The second-order valence-electron chi connectivity index (χ2n) is 12.3. The van der Waals surface area contributed by atoms with Crippen LogP contribution in [0.25, 0.3) is 16.7 Å². The molecule has 3 heteroatoms. The van der Waals surface area contributed by atoms with Gasteiger partial charge in [-0.25, -0.2) is 4.79 Å². The van der Waals surface area contributed by atoms with Gasteiger partial charge in [0, 0.05) is 18.1 Å². The minimum absolute atomic E-state index is 0.0270. The van der Waals surface area contributed by atoms with Gasteiger partial charge in [0.2, 0.25) is 0 Å². The first-order chi connectivity index (χ1) is 21.4.